The van der Waals surface area contributed by atoms with Crippen molar-refractivity contribution in [3.63, 3.8) is 0 Å². The lowest BCUT2D eigenvalue weighted by molar-refractivity contribution is -0.646. The summed E-state index contributed by atoms with van der Waals surface area (Å²) < 4.78 is 10.1. The lowest BCUT2D eigenvalue weighted by Crippen LogP contribution is -2.25. The SMILES string of the molecule is C[n+]1cn(COCC[Si](C)(C)C)c2ccccc21. The number of rotatable bonds is 5. The fraction of sp³-hybridized carbons (Fsp3) is 0.500. The summed E-state index contributed by atoms with van der Waals surface area (Å²) in [6, 6.07) is 9.63. The standard InChI is InChI=1S/C14H23N2OSi/c1-15-11-16(12-17-9-10-18(2,3)4)14-8-6-5-7-13(14)15/h5-8,11H,9-10,12H2,1-4H3/q+1. The van der Waals surface area contributed by atoms with Crippen LogP contribution >= 0.6 is 0 Å². The van der Waals surface area contributed by atoms with E-state index in [2.05, 4.69) is 66.4 Å². The molecule has 0 N–H and O–H groups in total. The Balaban J connectivity index is 2.00. The van der Waals surface area contributed by atoms with E-state index in [1.807, 2.05) is 0 Å². The molecule has 3 nitrogen and oxygen atoms in total. The van der Waals surface area contributed by atoms with Gasteiger partial charge in [-0.3, -0.25) is 0 Å². The first kappa shape index (κ1) is 13.3. The van der Waals surface area contributed by atoms with Gasteiger partial charge in [-0.05, 0) is 18.2 Å². The topological polar surface area (TPSA) is 18.0 Å². The third-order valence-corrected chi connectivity index (χ3v) is 4.81. The van der Waals surface area contributed by atoms with Gasteiger partial charge in [0.25, 0.3) is 0 Å². The van der Waals surface area contributed by atoms with Gasteiger partial charge < -0.3 is 4.74 Å². The molecular weight excluding hydrogens is 240 g/mol. The average molecular weight is 263 g/mol. The second kappa shape index (κ2) is 5.24. The van der Waals surface area contributed by atoms with Crippen molar-refractivity contribution in [1.82, 2.24) is 4.57 Å². The van der Waals surface area contributed by atoms with Crippen molar-refractivity contribution < 1.29 is 9.30 Å². The van der Waals surface area contributed by atoms with Crippen LogP contribution in [0.25, 0.3) is 11.0 Å². The number of para-hydroxylation sites is 2. The lowest BCUT2D eigenvalue weighted by atomic mass is 10.3. The molecule has 1 aromatic carbocycles. The Bertz CT molecular complexity index is 528. The molecule has 2 rings (SSSR count). The van der Waals surface area contributed by atoms with Gasteiger partial charge in [0.1, 0.15) is 0 Å². The molecule has 0 amide bonds. The van der Waals surface area contributed by atoms with Crippen LogP contribution in [0.1, 0.15) is 0 Å². The molecule has 0 aliphatic heterocycles. The zero-order chi connectivity index (χ0) is 13.2. The van der Waals surface area contributed by atoms with Crippen LogP contribution in [0, 0.1) is 0 Å². The minimum absolute atomic E-state index is 0.645. The molecular formula is C14H23N2OSi+. The first-order valence-electron chi connectivity index (χ1n) is 6.49. The van der Waals surface area contributed by atoms with Crippen LogP contribution in [0.15, 0.2) is 30.6 Å². The highest BCUT2D eigenvalue weighted by atomic mass is 28.3. The Morgan fingerprint density at radius 1 is 1.22 bits per heavy atom. The zero-order valence-corrected chi connectivity index (χ0v) is 12.8. The number of imidazole rings is 1. The van der Waals surface area contributed by atoms with Crippen LogP contribution in [-0.4, -0.2) is 19.2 Å². The monoisotopic (exact) mass is 263 g/mol. The number of fused-ring (bicyclic) bond motifs is 1. The second-order valence-corrected chi connectivity index (χ2v) is 11.7. The highest BCUT2D eigenvalue weighted by Gasteiger charge is 2.14. The molecule has 0 saturated heterocycles. The molecule has 0 fully saturated rings. The van der Waals surface area contributed by atoms with Crippen molar-refractivity contribution in [1.29, 1.82) is 0 Å². The van der Waals surface area contributed by atoms with E-state index in [9.17, 15) is 0 Å². The number of nitrogens with zero attached hydrogens (tertiary/aromatic N) is 2. The first-order chi connectivity index (χ1) is 8.47. The summed E-state index contributed by atoms with van der Waals surface area (Å²) in [4.78, 5) is 0. The van der Waals surface area contributed by atoms with Crippen molar-refractivity contribution in [3.8, 4) is 0 Å². The third-order valence-electron chi connectivity index (χ3n) is 3.11. The molecule has 1 heterocycles. The number of hydrogen-bond donors (Lipinski definition) is 0. The van der Waals surface area contributed by atoms with Gasteiger partial charge in [-0.2, -0.15) is 0 Å². The second-order valence-electron chi connectivity index (χ2n) is 6.03. The number of benzene rings is 1. The molecule has 0 saturated carbocycles. The van der Waals surface area contributed by atoms with Gasteiger partial charge in [0.15, 0.2) is 17.8 Å². The van der Waals surface area contributed by atoms with Crippen molar-refractivity contribution in [2.45, 2.75) is 32.4 Å². The predicted molar refractivity (Wildman–Crippen MR) is 77.2 cm³/mol. The number of aryl methyl sites for hydroxylation is 1. The molecule has 18 heavy (non-hydrogen) atoms. The molecule has 4 heteroatoms. The molecule has 0 radical (unpaired) electrons. The van der Waals surface area contributed by atoms with E-state index in [0.717, 1.165) is 6.61 Å². The lowest BCUT2D eigenvalue weighted by Gasteiger charge is -2.14. The molecule has 0 bridgehead atoms. The van der Waals surface area contributed by atoms with Crippen LogP contribution in [0.3, 0.4) is 0 Å². The van der Waals surface area contributed by atoms with Crippen LogP contribution < -0.4 is 4.57 Å². The Morgan fingerprint density at radius 3 is 2.67 bits per heavy atom. The van der Waals surface area contributed by atoms with Gasteiger partial charge in [-0.15, -0.1) is 0 Å². The molecule has 98 valence electrons. The van der Waals surface area contributed by atoms with E-state index < -0.39 is 8.07 Å². The quantitative estimate of drug-likeness (QED) is 0.461. The number of ether oxygens (including phenoxy) is 1. The summed E-state index contributed by atoms with van der Waals surface area (Å²) in [5, 5.41) is 0. The Kier molecular flexibility index (Phi) is 3.87. The summed E-state index contributed by atoms with van der Waals surface area (Å²) in [5.41, 5.74) is 2.47. The highest BCUT2D eigenvalue weighted by molar-refractivity contribution is 6.76. The zero-order valence-electron chi connectivity index (χ0n) is 11.8. The van der Waals surface area contributed by atoms with Crippen LogP contribution in [-0.2, 0) is 18.5 Å². The highest BCUT2D eigenvalue weighted by Crippen LogP contribution is 2.11. The smallest absolute Gasteiger partial charge is 0.246 e. The van der Waals surface area contributed by atoms with E-state index in [4.69, 9.17) is 4.74 Å². The Hall–Kier alpha value is -1.13. The van der Waals surface area contributed by atoms with Crippen LogP contribution in [0.2, 0.25) is 25.7 Å². The summed E-state index contributed by atoms with van der Waals surface area (Å²) in [6.45, 7) is 8.64. The molecule has 0 unspecified atom stereocenters. The van der Waals surface area contributed by atoms with Crippen molar-refractivity contribution in [2.75, 3.05) is 6.61 Å². The fourth-order valence-corrected chi connectivity index (χ4v) is 2.74. The Morgan fingerprint density at radius 2 is 1.94 bits per heavy atom. The summed E-state index contributed by atoms with van der Waals surface area (Å²) in [7, 11) is 1.09. The number of hydrogen-bond acceptors (Lipinski definition) is 1. The average Bonchev–Trinajstić information content (AvgIpc) is 2.62. The molecule has 0 atom stereocenters. The van der Waals surface area contributed by atoms with Crippen molar-refractivity contribution >= 4 is 19.1 Å². The van der Waals surface area contributed by atoms with Crippen molar-refractivity contribution in [2.24, 2.45) is 7.05 Å². The maximum Gasteiger partial charge on any atom is 0.246 e. The summed E-state index contributed by atoms with van der Waals surface area (Å²) in [6.07, 6.45) is 2.10. The van der Waals surface area contributed by atoms with Crippen LogP contribution in [0.5, 0.6) is 0 Å². The van der Waals surface area contributed by atoms with E-state index in [1.165, 1.54) is 17.1 Å². The van der Waals surface area contributed by atoms with Gasteiger partial charge in [-0.25, -0.2) is 9.13 Å². The van der Waals surface area contributed by atoms with Crippen LogP contribution in [0.4, 0.5) is 0 Å². The maximum absolute atomic E-state index is 5.80. The van der Waals surface area contributed by atoms with E-state index in [0.29, 0.717) is 6.73 Å². The molecule has 0 aliphatic carbocycles. The van der Waals surface area contributed by atoms with Gasteiger partial charge in [0.05, 0.1) is 7.05 Å². The Labute approximate surface area is 110 Å². The summed E-state index contributed by atoms with van der Waals surface area (Å²) >= 11 is 0. The molecule has 0 aliphatic rings. The third kappa shape index (κ3) is 3.20. The van der Waals surface area contributed by atoms with Gasteiger partial charge in [-0.1, -0.05) is 31.8 Å². The maximum atomic E-state index is 5.80. The van der Waals surface area contributed by atoms with Crippen molar-refractivity contribution in [3.05, 3.63) is 30.6 Å². The summed E-state index contributed by atoms with van der Waals surface area (Å²) in [5.74, 6) is 0. The predicted octanol–water partition coefficient (Wildman–Crippen LogP) is 2.78. The normalized spacial score (nSPS) is 12.2. The minimum Gasteiger partial charge on any atom is -0.342 e. The molecule has 0 spiro atoms. The number of aromatic nitrogens is 2. The van der Waals surface area contributed by atoms with E-state index in [1.54, 1.807) is 0 Å². The fourth-order valence-electron chi connectivity index (χ4n) is 1.98. The first-order valence-corrected chi connectivity index (χ1v) is 10.2. The van der Waals surface area contributed by atoms with E-state index in [-0.39, 0.29) is 0 Å². The van der Waals surface area contributed by atoms with Gasteiger partial charge in [0, 0.05) is 14.7 Å². The molecule has 1 aromatic heterocycles. The minimum atomic E-state index is -0.983. The van der Waals surface area contributed by atoms with Gasteiger partial charge in [0.2, 0.25) is 6.33 Å². The largest absolute Gasteiger partial charge is 0.342 e. The van der Waals surface area contributed by atoms with Gasteiger partial charge >= 0.3 is 0 Å². The van der Waals surface area contributed by atoms with E-state index >= 15 is 0 Å². The molecule has 2 aromatic rings.